The summed E-state index contributed by atoms with van der Waals surface area (Å²) in [4.78, 5) is 0. The van der Waals surface area contributed by atoms with Crippen molar-refractivity contribution in [2.45, 2.75) is 12.8 Å². The topological polar surface area (TPSA) is 30.9 Å². The van der Waals surface area contributed by atoms with Crippen LogP contribution in [0, 0.1) is 0 Å². The van der Waals surface area contributed by atoms with Crippen molar-refractivity contribution in [1.82, 2.24) is 4.57 Å². The fourth-order valence-corrected chi connectivity index (χ4v) is 2.41. The number of aromatic nitrogens is 1. The molecule has 19 heavy (non-hydrogen) atoms. The molecule has 0 aliphatic carbocycles. The molecule has 1 atom stereocenters. The number of fused-ring (bicyclic) bond motifs is 1. The largest absolute Gasteiger partial charge is 0.330 e. The molecule has 3 aromatic rings. The molecule has 0 saturated heterocycles. The van der Waals surface area contributed by atoms with E-state index in [2.05, 4.69) is 72.3 Å². The summed E-state index contributed by atoms with van der Waals surface area (Å²) in [6, 6.07) is 19.2. The van der Waals surface area contributed by atoms with Crippen molar-refractivity contribution in [2.75, 3.05) is 6.54 Å². The first-order chi connectivity index (χ1) is 9.29. The molecule has 0 fully saturated rings. The first-order valence-corrected chi connectivity index (χ1v) is 6.66. The van der Waals surface area contributed by atoms with Gasteiger partial charge in [0.1, 0.15) is 0 Å². The normalized spacial score (nSPS) is 12.7. The van der Waals surface area contributed by atoms with Crippen LogP contribution in [-0.4, -0.2) is 11.1 Å². The van der Waals surface area contributed by atoms with E-state index in [9.17, 15) is 0 Å². The summed E-state index contributed by atoms with van der Waals surface area (Å²) in [7, 11) is 0. The first kappa shape index (κ1) is 12.0. The van der Waals surface area contributed by atoms with E-state index < -0.39 is 0 Å². The lowest BCUT2D eigenvalue weighted by Crippen LogP contribution is -2.08. The Morgan fingerprint density at radius 1 is 1.00 bits per heavy atom. The zero-order chi connectivity index (χ0) is 13.2. The summed E-state index contributed by atoms with van der Waals surface area (Å²) in [6.07, 6.45) is 2.12. The average Bonchev–Trinajstić information content (AvgIpc) is 2.90. The maximum Gasteiger partial charge on any atom is 0.0528 e. The minimum Gasteiger partial charge on any atom is -0.330 e. The van der Waals surface area contributed by atoms with Gasteiger partial charge in [0.25, 0.3) is 0 Å². The molecular formula is C17H18N2. The van der Waals surface area contributed by atoms with Gasteiger partial charge in [-0.25, -0.2) is 0 Å². The third-order valence-electron chi connectivity index (χ3n) is 3.69. The van der Waals surface area contributed by atoms with Crippen LogP contribution in [-0.2, 0) is 0 Å². The molecule has 0 aliphatic heterocycles. The maximum atomic E-state index is 5.71. The zero-order valence-electron chi connectivity index (χ0n) is 11.1. The van der Waals surface area contributed by atoms with Gasteiger partial charge in [0.05, 0.1) is 5.52 Å². The third-order valence-corrected chi connectivity index (χ3v) is 3.69. The lowest BCUT2D eigenvalue weighted by molar-refractivity contribution is 0.774. The van der Waals surface area contributed by atoms with Crippen LogP contribution in [0.4, 0.5) is 0 Å². The number of rotatable bonds is 3. The summed E-state index contributed by atoms with van der Waals surface area (Å²) >= 11 is 0. The smallest absolute Gasteiger partial charge is 0.0528 e. The van der Waals surface area contributed by atoms with Gasteiger partial charge in [0.15, 0.2) is 0 Å². The van der Waals surface area contributed by atoms with Gasteiger partial charge in [0.2, 0.25) is 0 Å². The molecule has 1 unspecified atom stereocenters. The van der Waals surface area contributed by atoms with Crippen molar-refractivity contribution in [3.8, 4) is 5.69 Å². The van der Waals surface area contributed by atoms with Crippen LogP contribution in [0.1, 0.15) is 18.4 Å². The van der Waals surface area contributed by atoms with Crippen LogP contribution in [0.5, 0.6) is 0 Å². The number of hydrogen-bond acceptors (Lipinski definition) is 1. The molecule has 0 aliphatic rings. The summed E-state index contributed by atoms with van der Waals surface area (Å²) in [6.45, 7) is 2.84. The van der Waals surface area contributed by atoms with Gasteiger partial charge in [-0.3, -0.25) is 0 Å². The Morgan fingerprint density at radius 3 is 2.47 bits per heavy atom. The van der Waals surface area contributed by atoms with Crippen LogP contribution in [0.2, 0.25) is 0 Å². The van der Waals surface area contributed by atoms with E-state index in [-0.39, 0.29) is 0 Å². The lowest BCUT2D eigenvalue weighted by atomic mass is 10.0. The van der Waals surface area contributed by atoms with Gasteiger partial charge < -0.3 is 10.3 Å². The molecule has 96 valence electrons. The van der Waals surface area contributed by atoms with E-state index >= 15 is 0 Å². The Balaban J connectivity index is 2.02. The van der Waals surface area contributed by atoms with Crippen molar-refractivity contribution in [1.29, 1.82) is 0 Å². The van der Waals surface area contributed by atoms with Gasteiger partial charge in [0, 0.05) is 11.9 Å². The molecule has 2 aromatic carbocycles. The van der Waals surface area contributed by atoms with Crippen LogP contribution >= 0.6 is 0 Å². The number of nitrogens with zero attached hydrogens (tertiary/aromatic N) is 1. The second kappa shape index (κ2) is 4.90. The molecule has 0 saturated carbocycles. The molecule has 1 heterocycles. The maximum absolute atomic E-state index is 5.71. The Kier molecular flexibility index (Phi) is 3.10. The highest BCUT2D eigenvalue weighted by Gasteiger charge is 2.05. The molecule has 0 radical (unpaired) electrons. The van der Waals surface area contributed by atoms with E-state index in [1.54, 1.807) is 0 Å². The number of para-hydroxylation sites is 1. The second-order valence-electron chi connectivity index (χ2n) is 4.97. The molecule has 0 amide bonds. The molecule has 0 spiro atoms. The Labute approximate surface area is 113 Å². The molecule has 2 N–H and O–H groups in total. The molecular weight excluding hydrogens is 232 g/mol. The Morgan fingerprint density at radius 2 is 1.74 bits per heavy atom. The molecule has 2 heteroatoms. The SMILES string of the molecule is CC(CN)c1ccc(-n2ccc3ccccc32)cc1. The van der Waals surface area contributed by atoms with Gasteiger partial charge in [-0.05, 0) is 47.7 Å². The minimum absolute atomic E-state index is 0.412. The number of hydrogen-bond donors (Lipinski definition) is 1. The summed E-state index contributed by atoms with van der Waals surface area (Å²) in [5, 5.41) is 1.27. The van der Waals surface area contributed by atoms with Crippen LogP contribution < -0.4 is 5.73 Å². The number of nitrogens with two attached hydrogens (primary N) is 1. The summed E-state index contributed by atoms with van der Waals surface area (Å²) in [5.41, 5.74) is 9.43. The van der Waals surface area contributed by atoms with E-state index in [1.165, 1.54) is 22.2 Å². The van der Waals surface area contributed by atoms with Crippen LogP contribution in [0.15, 0.2) is 60.8 Å². The molecule has 3 rings (SSSR count). The van der Waals surface area contributed by atoms with E-state index in [1.807, 2.05) is 0 Å². The Hall–Kier alpha value is -2.06. The van der Waals surface area contributed by atoms with Gasteiger partial charge >= 0.3 is 0 Å². The highest BCUT2D eigenvalue weighted by Crippen LogP contribution is 2.22. The molecule has 2 nitrogen and oxygen atoms in total. The first-order valence-electron chi connectivity index (χ1n) is 6.66. The van der Waals surface area contributed by atoms with E-state index in [0.717, 1.165) is 0 Å². The predicted molar refractivity (Wildman–Crippen MR) is 80.7 cm³/mol. The van der Waals surface area contributed by atoms with Gasteiger partial charge in [-0.1, -0.05) is 37.3 Å². The van der Waals surface area contributed by atoms with Crippen molar-refractivity contribution >= 4 is 10.9 Å². The zero-order valence-corrected chi connectivity index (χ0v) is 11.1. The van der Waals surface area contributed by atoms with Crippen molar-refractivity contribution in [2.24, 2.45) is 5.73 Å². The molecule has 1 aromatic heterocycles. The summed E-state index contributed by atoms with van der Waals surface area (Å²) < 4.78 is 2.21. The standard InChI is InChI=1S/C17H18N2/c1-13(12-18)14-6-8-16(9-7-14)19-11-10-15-4-2-3-5-17(15)19/h2-11,13H,12,18H2,1H3. The van der Waals surface area contributed by atoms with Crippen molar-refractivity contribution in [3.05, 3.63) is 66.4 Å². The summed E-state index contributed by atoms with van der Waals surface area (Å²) in [5.74, 6) is 0.412. The van der Waals surface area contributed by atoms with Gasteiger partial charge in [-0.2, -0.15) is 0 Å². The van der Waals surface area contributed by atoms with E-state index in [4.69, 9.17) is 5.73 Å². The second-order valence-corrected chi connectivity index (χ2v) is 4.97. The Bertz CT molecular complexity index is 680. The highest BCUT2D eigenvalue weighted by atomic mass is 15.0. The quantitative estimate of drug-likeness (QED) is 0.755. The highest BCUT2D eigenvalue weighted by molar-refractivity contribution is 5.81. The van der Waals surface area contributed by atoms with Gasteiger partial charge in [-0.15, -0.1) is 0 Å². The fraction of sp³-hybridized carbons (Fsp3) is 0.176. The van der Waals surface area contributed by atoms with Crippen molar-refractivity contribution < 1.29 is 0 Å². The van der Waals surface area contributed by atoms with Crippen LogP contribution in [0.25, 0.3) is 16.6 Å². The molecule has 0 bridgehead atoms. The third kappa shape index (κ3) is 2.15. The monoisotopic (exact) mass is 250 g/mol. The minimum atomic E-state index is 0.412. The number of benzene rings is 2. The fourth-order valence-electron chi connectivity index (χ4n) is 2.41. The van der Waals surface area contributed by atoms with Crippen molar-refractivity contribution in [3.63, 3.8) is 0 Å². The van der Waals surface area contributed by atoms with E-state index in [0.29, 0.717) is 12.5 Å². The average molecular weight is 250 g/mol. The predicted octanol–water partition coefficient (Wildman–Crippen LogP) is 3.69. The van der Waals surface area contributed by atoms with Crippen LogP contribution in [0.3, 0.4) is 0 Å². The lowest BCUT2D eigenvalue weighted by Gasteiger charge is -2.11.